The van der Waals surface area contributed by atoms with Gasteiger partial charge in [-0.05, 0) is 30.3 Å². The van der Waals surface area contributed by atoms with E-state index in [1.807, 2.05) is 0 Å². The third-order valence-electron chi connectivity index (χ3n) is 2.79. The highest BCUT2D eigenvalue weighted by Crippen LogP contribution is 2.31. The lowest BCUT2D eigenvalue weighted by Crippen LogP contribution is -2.04. The predicted octanol–water partition coefficient (Wildman–Crippen LogP) is 3.65. The standard InChI is InChI=1S/C13H7F3N2O2/c14-13(15,16)7-1-3-9-10(5-7)18-12(17-9)11-4-2-8(6-19)20-11/h1-6H,(H,17,18). The third kappa shape index (κ3) is 2.07. The summed E-state index contributed by atoms with van der Waals surface area (Å²) in [4.78, 5) is 17.4. The first-order valence-electron chi connectivity index (χ1n) is 5.60. The number of H-pyrrole nitrogens is 1. The minimum atomic E-state index is -4.41. The number of carbonyl (C=O) groups excluding carboxylic acids is 1. The van der Waals surface area contributed by atoms with E-state index in [-0.39, 0.29) is 22.9 Å². The Labute approximate surface area is 110 Å². The maximum absolute atomic E-state index is 12.6. The fourth-order valence-corrected chi connectivity index (χ4v) is 1.85. The molecule has 3 rings (SSSR count). The van der Waals surface area contributed by atoms with Crippen LogP contribution in [0.5, 0.6) is 0 Å². The van der Waals surface area contributed by atoms with Gasteiger partial charge in [0.1, 0.15) is 0 Å². The van der Waals surface area contributed by atoms with Crippen molar-refractivity contribution >= 4 is 17.3 Å². The predicted molar refractivity (Wildman–Crippen MR) is 64.2 cm³/mol. The van der Waals surface area contributed by atoms with Gasteiger partial charge in [0.15, 0.2) is 23.6 Å². The molecule has 4 nitrogen and oxygen atoms in total. The lowest BCUT2D eigenvalue weighted by atomic mass is 10.2. The first-order valence-corrected chi connectivity index (χ1v) is 5.60. The molecule has 0 saturated carbocycles. The molecule has 0 aliphatic heterocycles. The fourth-order valence-electron chi connectivity index (χ4n) is 1.85. The van der Waals surface area contributed by atoms with E-state index in [1.165, 1.54) is 18.2 Å². The van der Waals surface area contributed by atoms with Crippen LogP contribution >= 0.6 is 0 Å². The number of hydrogen-bond acceptors (Lipinski definition) is 3. The SMILES string of the molecule is O=Cc1ccc(-c2nc3ccc(C(F)(F)F)cc3[nH]2)o1. The largest absolute Gasteiger partial charge is 0.450 e. The zero-order valence-electron chi connectivity index (χ0n) is 9.86. The smallest absolute Gasteiger partial charge is 0.416 e. The molecule has 3 aromatic rings. The van der Waals surface area contributed by atoms with Crippen LogP contribution in [-0.2, 0) is 6.18 Å². The van der Waals surface area contributed by atoms with Crippen LogP contribution < -0.4 is 0 Å². The molecule has 0 amide bonds. The highest BCUT2D eigenvalue weighted by Gasteiger charge is 2.30. The molecular weight excluding hydrogens is 273 g/mol. The highest BCUT2D eigenvalue weighted by molar-refractivity contribution is 5.80. The van der Waals surface area contributed by atoms with Gasteiger partial charge in [0.05, 0.1) is 16.6 Å². The zero-order chi connectivity index (χ0) is 14.3. The van der Waals surface area contributed by atoms with Gasteiger partial charge < -0.3 is 9.40 Å². The van der Waals surface area contributed by atoms with E-state index in [0.717, 1.165) is 12.1 Å². The van der Waals surface area contributed by atoms with Crippen molar-refractivity contribution in [3.63, 3.8) is 0 Å². The van der Waals surface area contributed by atoms with Crippen LogP contribution in [0.25, 0.3) is 22.6 Å². The van der Waals surface area contributed by atoms with Crippen LogP contribution in [-0.4, -0.2) is 16.3 Å². The number of imidazole rings is 1. The molecule has 1 N–H and O–H groups in total. The van der Waals surface area contributed by atoms with Crippen LogP contribution in [0.15, 0.2) is 34.7 Å². The molecule has 102 valence electrons. The van der Waals surface area contributed by atoms with Crippen LogP contribution in [0, 0.1) is 0 Å². The number of furan rings is 1. The number of carbonyl (C=O) groups is 1. The summed E-state index contributed by atoms with van der Waals surface area (Å²) in [6.45, 7) is 0. The first-order chi connectivity index (χ1) is 9.47. The summed E-state index contributed by atoms with van der Waals surface area (Å²) in [5.74, 6) is 0.681. The molecule has 2 aromatic heterocycles. The first kappa shape index (κ1) is 12.5. The van der Waals surface area contributed by atoms with E-state index in [1.54, 1.807) is 0 Å². The maximum atomic E-state index is 12.6. The number of rotatable bonds is 2. The summed E-state index contributed by atoms with van der Waals surface area (Å²) in [6.07, 6.45) is -3.87. The van der Waals surface area contributed by atoms with Crippen molar-refractivity contribution < 1.29 is 22.4 Å². The van der Waals surface area contributed by atoms with Gasteiger partial charge in [-0.25, -0.2) is 4.98 Å². The topological polar surface area (TPSA) is 58.9 Å². The number of nitrogens with one attached hydrogen (secondary N) is 1. The van der Waals surface area contributed by atoms with E-state index >= 15 is 0 Å². The minimum Gasteiger partial charge on any atom is -0.450 e. The summed E-state index contributed by atoms with van der Waals surface area (Å²) in [5, 5.41) is 0. The molecule has 0 saturated heterocycles. The fraction of sp³-hybridized carbons (Fsp3) is 0.0769. The highest BCUT2D eigenvalue weighted by atomic mass is 19.4. The zero-order valence-corrected chi connectivity index (χ0v) is 9.86. The molecule has 0 spiro atoms. The lowest BCUT2D eigenvalue weighted by molar-refractivity contribution is -0.137. The van der Waals surface area contributed by atoms with E-state index < -0.39 is 11.7 Å². The summed E-state index contributed by atoms with van der Waals surface area (Å²) in [7, 11) is 0. The number of hydrogen-bond donors (Lipinski definition) is 1. The van der Waals surface area contributed by atoms with Crippen molar-refractivity contribution in [3.05, 3.63) is 41.7 Å². The van der Waals surface area contributed by atoms with Crippen molar-refractivity contribution in [3.8, 4) is 11.6 Å². The molecule has 0 atom stereocenters. The van der Waals surface area contributed by atoms with Crippen molar-refractivity contribution in [2.24, 2.45) is 0 Å². The Morgan fingerprint density at radius 1 is 1.20 bits per heavy atom. The Bertz CT molecular complexity index is 786. The summed E-state index contributed by atoms with van der Waals surface area (Å²) >= 11 is 0. The second-order valence-electron chi connectivity index (χ2n) is 4.13. The van der Waals surface area contributed by atoms with Crippen LogP contribution in [0.1, 0.15) is 16.1 Å². The molecule has 0 radical (unpaired) electrons. The number of benzene rings is 1. The Morgan fingerprint density at radius 3 is 2.65 bits per heavy atom. The van der Waals surface area contributed by atoms with Gasteiger partial charge in [-0.3, -0.25) is 4.79 Å². The van der Waals surface area contributed by atoms with E-state index in [4.69, 9.17) is 4.42 Å². The van der Waals surface area contributed by atoms with Crippen molar-refractivity contribution in [2.45, 2.75) is 6.18 Å². The average molecular weight is 280 g/mol. The van der Waals surface area contributed by atoms with Crippen molar-refractivity contribution in [1.82, 2.24) is 9.97 Å². The Morgan fingerprint density at radius 2 is 2.00 bits per heavy atom. The summed E-state index contributed by atoms with van der Waals surface area (Å²) in [5.41, 5.74) is -0.121. The van der Waals surface area contributed by atoms with E-state index in [9.17, 15) is 18.0 Å². The second-order valence-corrected chi connectivity index (χ2v) is 4.13. The van der Waals surface area contributed by atoms with Gasteiger partial charge in [-0.1, -0.05) is 0 Å². The van der Waals surface area contributed by atoms with Crippen LogP contribution in [0.3, 0.4) is 0 Å². The molecule has 7 heteroatoms. The lowest BCUT2D eigenvalue weighted by Gasteiger charge is -2.05. The molecule has 20 heavy (non-hydrogen) atoms. The number of halogens is 3. The van der Waals surface area contributed by atoms with Crippen LogP contribution in [0.4, 0.5) is 13.2 Å². The second kappa shape index (κ2) is 4.22. The molecule has 2 heterocycles. The summed E-state index contributed by atoms with van der Waals surface area (Å²) < 4.78 is 43.0. The minimum absolute atomic E-state index is 0.122. The molecule has 1 aromatic carbocycles. The van der Waals surface area contributed by atoms with Crippen LogP contribution in [0.2, 0.25) is 0 Å². The monoisotopic (exact) mass is 280 g/mol. The van der Waals surface area contributed by atoms with Gasteiger partial charge >= 0.3 is 6.18 Å². The van der Waals surface area contributed by atoms with Gasteiger partial charge in [0, 0.05) is 0 Å². The number of nitrogens with zero attached hydrogens (tertiary/aromatic N) is 1. The molecule has 0 unspecified atom stereocenters. The normalized spacial score (nSPS) is 11.9. The average Bonchev–Trinajstić information content (AvgIpc) is 3.02. The number of aromatic amines is 1. The summed E-state index contributed by atoms with van der Waals surface area (Å²) in [6, 6.07) is 6.20. The molecule has 0 fully saturated rings. The molecule has 0 bridgehead atoms. The van der Waals surface area contributed by atoms with Crippen molar-refractivity contribution in [1.29, 1.82) is 0 Å². The number of aromatic nitrogens is 2. The van der Waals surface area contributed by atoms with Crippen molar-refractivity contribution in [2.75, 3.05) is 0 Å². The Balaban J connectivity index is 2.08. The Kier molecular flexibility index (Phi) is 2.63. The number of aldehydes is 1. The van der Waals surface area contributed by atoms with Gasteiger partial charge in [0.2, 0.25) is 0 Å². The quantitative estimate of drug-likeness (QED) is 0.729. The number of alkyl halides is 3. The van der Waals surface area contributed by atoms with E-state index in [2.05, 4.69) is 9.97 Å². The Hall–Kier alpha value is -2.57. The van der Waals surface area contributed by atoms with Gasteiger partial charge in [-0.15, -0.1) is 0 Å². The van der Waals surface area contributed by atoms with Gasteiger partial charge in [0.25, 0.3) is 0 Å². The molecule has 0 aliphatic carbocycles. The molecular formula is C13H7F3N2O2. The third-order valence-corrected chi connectivity index (χ3v) is 2.79. The number of fused-ring (bicyclic) bond motifs is 1. The van der Waals surface area contributed by atoms with E-state index in [0.29, 0.717) is 11.8 Å². The molecule has 0 aliphatic rings. The maximum Gasteiger partial charge on any atom is 0.416 e. The van der Waals surface area contributed by atoms with Gasteiger partial charge in [-0.2, -0.15) is 13.2 Å².